The van der Waals surface area contributed by atoms with E-state index in [1.54, 1.807) is 23.9 Å². The van der Waals surface area contributed by atoms with Gasteiger partial charge in [0.1, 0.15) is 24.0 Å². The third-order valence-electron chi connectivity index (χ3n) is 10.6. The van der Waals surface area contributed by atoms with E-state index >= 15 is 4.39 Å². The zero-order valence-corrected chi connectivity index (χ0v) is 28.3. The van der Waals surface area contributed by atoms with Crippen LogP contribution in [-0.4, -0.2) is 83.9 Å². The molecule has 0 aliphatic carbocycles. The van der Waals surface area contributed by atoms with Gasteiger partial charge in [-0.15, -0.1) is 0 Å². The van der Waals surface area contributed by atoms with Crippen molar-refractivity contribution in [3.63, 3.8) is 0 Å². The average molecular weight is 720 g/mol. The molecule has 0 spiro atoms. The number of likely N-dealkylation sites (tertiary alicyclic amines) is 1. The van der Waals surface area contributed by atoms with E-state index < -0.39 is 51.9 Å². The number of hydrogen-bond acceptors (Lipinski definition) is 9. The molecule has 0 saturated carbocycles. The zero-order chi connectivity index (χ0) is 35.9. The first kappa shape index (κ1) is 32.7. The second kappa shape index (κ2) is 11.8. The van der Waals surface area contributed by atoms with Crippen LogP contribution in [0, 0.1) is 11.7 Å². The van der Waals surface area contributed by atoms with E-state index in [9.17, 15) is 37.5 Å². The number of nitrogens with zero attached hydrogens (tertiary/aromatic N) is 5. The van der Waals surface area contributed by atoms with Crippen molar-refractivity contribution in [3.8, 4) is 5.75 Å². The summed E-state index contributed by atoms with van der Waals surface area (Å²) in [6.45, 7) is 1.64. The minimum Gasteiger partial charge on any atom is -0.506 e. The Bertz CT molecular complexity index is 2360. The quantitative estimate of drug-likeness (QED) is 0.256. The number of aryl methyl sites for hydroxylation is 1. The molecule has 15 nitrogen and oxygen atoms in total. The molecular formula is C34H34FN7O8S. The van der Waals surface area contributed by atoms with Crippen LogP contribution in [0.1, 0.15) is 43.2 Å². The van der Waals surface area contributed by atoms with Crippen LogP contribution in [0.3, 0.4) is 0 Å². The molecule has 3 N–H and O–H groups in total. The number of benzene rings is 3. The number of piperidine rings is 2. The van der Waals surface area contributed by atoms with Gasteiger partial charge < -0.3 is 14.9 Å². The highest BCUT2D eigenvalue weighted by Gasteiger charge is 2.39. The van der Waals surface area contributed by atoms with E-state index in [0.29, 0.717) is 59.7 Å². The van der Waals surface area contributed by atoms with Crippen molar-refractivity contribution < 1.29 is 37.1 Å². The van der Waals surface area contributed by atoms with Gasteiger partial charge in [-0.2, -0.15) is 8.42 Å². The van der Waals surface area contributed by atoms with Crippen molar-refractivity contribution in [3.05, 3.63) is 64.3 Å². The molecule has 5 heterocycles. The molecule has 4 amide bonds. The van der Waals surface area contributed by atoms with E-state index in [0.717, 1.165) is 11.3 Å². The lowest BCUT2D eigenvalue weighted by molar-refractivity contribution is -0.141. The fourth-order valence-corrected chi connectivity index (χ4v) is 8.95. The summed E-state index contributed by atoms with van der Waals surface area (Å²) in [4.78, 5) is 66.4. The first-order chi connectivity index (χ1) is 24.3. The van der Waals surface area contributed by atoms with Crippen molar-refractivity contribution >= 4 is 67.0 Å². The summed E-state index contributed by atoms with van der Waals surface area (Å²) in [6.07, 6.45) is 1.73. The molecule has 1 unspecified atom stereocenters. The van der Waals surface area contributed by atoms with Crippen LogP contribution in [0.4, 0.5) is 15.8 Å². The number of nitrogens with one attached hydrogen (secondary N) is 2. The number of hydrogen-bond donors (Lipinski definition) is 3. The molecule has 4 aliphatic heterocycles. The van der Waals surface area contributed by atoms with Crippen molar-refractivity contribution in [2.75, 3.05) is 41.9 Å². The highest BCUT2D eigenvalue weighted by molar-refractivity contribution is 7.92. The number of rotatable bonds is 5. The van der Waals surface area contributed by atoms with Gasteiger partial charge in [-0.05, 0) is 54.5 Å². The molecule has 4 aliphatic rings. The molecule has 0 bridgehead atoms. The number of aromatic hydroxyl groups is 1. The lowest BCUT2D eigenvalue weighted by Gasteiger charge is -2.43. The summed E-state index contributed by atoms with van der Waals surface area (Å²) < 4.78 is 45.3. The number of phenolic OH excluding ortho intramolecular Hbond substituents is 1. The van der Waals surface area contributed by atoms with Gasteiger partial charge in [0, 0.05) is 62.6 Å². The van der Waals surface area contributed by atoms with Crippen LogP contribution in [0.15, 0.2) is 47.3 Å². The van der Waals surface area contributed by atoms with Crippen LogP contribution in [0.2, 0.25) is 0 Å². The molecule has 1 aromatic heterocycles. The third-order valence-corrected chi connectivity index (χ3v) is 12.0. The van der Waals surface area contributed by atoms with Gasteiger partial charge >= 0.3 is 15.9 Å². The van der Waals surface area contributed by atoms with Crippen LogP contribution in [0.5, 0.6) is 5.75 Å². The Balaban J connectivity index is 0.908. The predicted octanol–water partition coefficient (Wildman–Crippen LogP) is 1.34. The molecule has 8 rings (SSSR count). The number of phenols is 1. The van der Waals surface area contributed by atoms with Crippen molar-refractivity contribution in [1.82, 2.24) is 24.1 Å². The first-order valence-corrected chi connectivity index (χ1v) is 18.1. The SMILES string of the molecule is Cn1c(=O)n(C2CCC(=O)NC2=O)c2ccc(N3CCC(C(=O)N4CC(c5ccc6c(F)c(N7CC(=O)NS7(=O)=O)c(O)cc6c5)C4)CC3)cc21. The number of anilines is 2. The van der Waals surface area contributed by atoms with Crippen molar-refractivity contribution in [1.29, 1.82) is 0 Å². The molecule has 4 fully saturated rings. The second-order valence-electron chi connectivity index (χ2n) is 13.6. The highest BCUT2D eigenvalue weighted by Crippen LogP contribution is 2.40. The number of imidazole rings is 1. The van der Waals surface area contributed by atoms with E-state index in [1.807, 2.05) is 23.1 Å². The van der Waals surface area contributed by atoms with Gasteiger partial charge in [0.2, 0.25) is 17.7 Å². The number of carbonyl (C=O) groups excluding carboxylic acids is 4. The lowest BCUT2D eigenvalue weighted by atomic mass is 9.87. The fourth-order valence-electron chi connectivity index (χ4n) is 7.78. The van der Waals surface area contributed by atoms with Crippen molar-refractivity contribution in [2.24, 2.45) is 13.0 Å². The molecular weight excluding hydrogens is 685 g/mol. The smallest absolute Gasteiger partial charge is 0.329 e. The van der Waals surface area contributed by atoms with Crippen molar-refractivity contribution in [2.45, 2.75) is 37.6 Å². The van der Waals surface area contributed by atoms with Gasteiger partial charge in [-0.25, -0.2) is 18.2 Å². The monoisotopic (exact) mass is 719 g/mol. The van der Waals surface area contributed by atoms with Crippen LogP contribution in [-0.2, 0) is 36.4 Å². The maximum Gasteiger partial charge on any atom is 0.329 e. The normalized spacial score (nSPS) is 21.3. The van der Waals surface area contributed by atoms with Gasteiger partial charge in [0.25, 0.3) is 5.91 Å². The van der Waals surface area contributed by atoms with Crippen LogP contribution >= 0.6 is 0 Å². The summed E-state index contributed by atoms with van der Waals surface area (Å²) >= 11 is 0. The van der Waals surface area contributed by atoms with Crippen LogP contribution in [0.25, 0.3) is 21.8 Å². The average Bonchev–Trinajstić information content (AvgIpc) is 3.48. The molecule has 3 aromatic carbocycles. The Hall–Kier alpha value is -5.45. The minimum atomic E-state index is -4.31. The Labute approximate surface area is 290 Å². The molecule has 0 radical (unpaired) electrons. The summed E-state index contributed by atoms with van der Waals surface area (Å²) in [7, 11) is -2.66. The van der Waals surface area contributed by atoms with Gasteiger partial charge in [-0.3, -0.25) is 33.6 Å². The maximum atomic E-state index is 15.5. The van der Waals surface area contributed by atoms with E-state index in [2.05, 4.69) is 10.2 Å². The minimum absolute atomic E-state index is 0.00922. The number of carbonyl (C=O) groups is 4. The summed E-state index contributed by atoms with van der Waals surface area (Å²) in [5, 5.41) is 13.4. The molecule has 266 valence electrons. The van der Waals surface area contributed by atoms with E-state index in [4.69, 9.17) is 0 Å². The molecule has 1 atom stereocenters. The summed E-state index contributed by atoms with van der Waals surface area (Å²) in [6, 6.07) is 11.1. The Kier molecular flexibility index (Phi) is 7.59. The van der Waals surface area contributed by atoms with Crippen LogP contribution < -0.4 is 24.9 Å². The number of imide groups is 1. The molecule has 17 heteroatoms. The standard InChI is InChI=1S/C34H34FN7O8S/c1-38-26-14-22(3-5-24(26)42(34(38)48)25-6-7-28(44)36-32(25)46)39-10-8-18(9-11-39)33(47)40-15-21(16-40)19-2-4-23-20(12-19)13-27(43)31(30(23)35)41-17-29(45)37-51(41,49)50/h2-5,12-14,18,21,25,43H,6-11,15-17H2,1H3,(H,37,45)(H,36,44,46). The lowest BCUT2D eigenvalue weighted by Crippen LogP contribution is -2.52. The number of aromatic nitrogens is 2. The Morgan fingerprint density at radius 1 is 0.941 bits per heavy atom. The Morgan fingerprint density at radius 2 is 1.69 bits per heavy atom. The number of halogens is 1. The van der Waals surface area contributed by atoms with Gasteiger partial charge in [0.05, 0.1) is 11.0 Å². The largest absolute Gasteiger partial charge is 0.506 e. The summed E-state index contributed by atoms with van der Waals surface area (Å²) in [5.41, 5.74) is 2.14. The highest BCUT2D eigenvalue weighted by atomic mass is 32.2. The molecule has 4 saturated heterocycles. The fraction of sp³-hybridized carbons (Fsp3) is 0.382. The van der Waals surface area contributed by atoms with E-state index in [1.165, 1.54) is 21.3 Å². The topological polar surface area (TPSA) is 183 Å². The van der Waals surface area contributed by atoms with Gasteiger partial charge in [-0.1, -0.05) is 18.2 Å². The number of amides is 4. The first-order valence-electron chi connectivity index (χ1n) is 16.7. The summed E-state index contributed by atoms with van der Waals surface area (Å²) in [5.74, 6) is -3.28. The van der Waals surface area contributed by atoms with Gasteiger partial charge in [0.15, 0.2) is 5.82 Å². The number of fused-ring (bicyclic) bond motifs is 2. The third kappa shape index (κ3) is 5.37. The van der Waals surface area contributed by atoms with E-state index in [-0.39, 0.29) is 47.6 Å². The maximum absolute atomic E-state index is 15.5. The Morgan fingerprint density at radius 3 is 2.37 bits per heavy atom. The molecule has 51 heavy (non-hydrogen) atoms. The predicted molar refractivity (Wildman–Crippen MR) is 183 cm³/mol. The zero-order valence-electron chi connectivity index (χ0n) is 27.5. The molecule has 4 aromatic rings. The second-order valence-corrected chi connectivity index (χ2v) is 15.2.